The third kappa shape index (κ3) is 6.79. The van der Waals surface area contributed by atoms with Crippen LogP contribution in [0.25, 0.3) is 0 Å². The lowest BCUT2D eigenvalue weighted by Gasteiger charge is -2.54. The molecule has 0 aromatic heterocycles. The maximum absolute atomic E-state index is 13.6. The second-order valence-corrected chi connectivity index (χ2v) is 13.1. The van der Waals surface area contributed by atoms with Gasteiger partial charge in [0.15, 0.2) is 5.75 Å². The van der Waals surface area contributed by atoms with Gasteiger partial charge < -0.3 is 0 Å². The fourth-order valence-corrected chi connectivity index (χ4v) is 5.99. The second-order valence-electron chi connectivity index (χ2n) is 10.8. The van der Waals surface area contributed by atoms with Crippen molar-refractivity contribution in [3.63, 3.8) is 0 Å². The summed E-state index contributed by atoms with van der Waals surface area (Å²) in [6.45, 7) is 6.30. The molecule has 4 aromatic carbocycles. The molecule has 0 aliphatic heterocycles. The van der Waals surface area contributed by atoms with Crippen molar-refractivity contribution in [2.45, 2.75) is 26.1 Å². The van der Waals surface area contributed by atoms with Crippen molar-refractivity contribution in [2.24, 2.45) is 0 Å². The molecule has 6 heteroatoms. The molecular weight excluding hydrogens is 500 g/mol. The normalized spacial score (nSPS) is 11.6. The summed E-state index contributed by atoms with van der Waals surface area (Å²) in [6.07, 6.45) is 2.57. The summed E-state index contributed by atoms with van der Waals surface area (Å²) in [5.41, 5.74) is 3.62. The molecule has 0 N–H and O–H groups in total. The number of benzene rings is 4. The number of halogens is 3. The average molecular weight is 534 g/mol. The Morgan fingerprint density at radius 2 is 0.974 bits per heavy atom. The van der Waals surface area contributed by atoms with Crippen LogP contribution in [0, 0.1) is 17.5 Å². The summed E-state index contributed by atoms with van der Waals surface area (Å²) in [6, 6.07) is 28.7. The van der Waals surface area contributed by atoms with Gasteiger partial charge in [-0.3, -0.25) is 4.79 Å². The zero-order valence-electron chi connectivity index (χ0n) is 22.5. The van der Waals surface area contributed by atoms with Gasteiger partial charge in [0.25, 0.3) is 0 Å². The summed E-state index contributed by atoms with van der Waals surface area (Å²) >= 11 is 0. The Kier molecular flexibility index (Phi) is 9.67. The SMILES string of the molecule is CC(C)(C)[B-](c1ccc(F)cc1)(c1ccc(F)cc1)c1ccc(F)cc1.C[S+](C)CC(=O)c1ccccc1. The Morgan fingerprint density at radius 1 is 0.632 bits per heavy atom. The van der Waals surface area contributed by atoms with Crippen LogP contribution in [-0.4, -0.2) is 30.2 Å². The maximum atomic E-state index is 13.6. The third-order valence-electron chi connectivity index (χ3n) is 6.92. The van der Waals surface area contributed by atoms with Gasteiger partial charge >= 0.3 is 0 Å². The molecule has 0 atom stereocenters. The molecule has 4 rings (SSSR count). The molecule has 0 spiro atoms. The van der Waals surface area contributed by atoms with Gasteiger partial charge in [-0.2, -0.15) is 16.4 Å². The van der Waals surface area contributed by atoms with E-state index in [4.69, 9.17) is 0 Å². The highest BCUT2D eigenvalue weighted by molar-refractivity contribution is 7.96. The van der Waals surface area contributed by atoms with E-state index in [2.05, 4.69) is 33.3 Å². The number of ketones is 1. The van der Waals surface area contributed by atoms with Gasteiger partial charge in [-0.15, -0.1) is 5.31 Å². The van der Waals surface area contributed by atoms with E-state index in [1.165, 1.54) is 36.4 Å². The van der Waals surface area contributed by atoms with E-state index in [0.29, 0.717) is 5.75 Å². The molecule has 0 saturated heterocycles. The van der Waals surface area contributed by atoms with Gasteiger partial charge in [0.2, 0.25) is 5.78 Å². The molecule has 0 fully saturated rings. The summed E-state index contributed by atoms with van der Waals surface area (Å²) in [7, 11) is 0.204. The first-order chi connectivity index (χ1) is 17.9. The number of hydrogen-bond acceptors (Lipinski definition) is 1. The van der Waals surface area contributed by atoms with Gasteiger partial charge in [-0.05, 0) is 47.3 Å². The van der Waals surface area contributed by atoms with E-state index in [1.807, 2.05) is 30.3 Å². The highest BCUT2D eigenvalue weighted by atomic mass is 32.2. The van der Waals surface area contributed by atoms with E-state index in [9.17, 15) is 18.0 Å². The highest BCUT2D eigenvalue weighted by Gasteiger charge is 2.40. The number of rotatable bonds is 6. The van der Waals surface area contributed by atoms with Crippen LogP contribution in [0.4, 0.5) is 13.2 Å². The Hall–Kier alpha value is -3.25. The molecule has 0 aliphatic rings. The van der Waals surface area contributed by atoms with Crippen LogP contribution in [0.1, 0.15) is 31.1 Å². The number of hydrogen-bond donors (Lipinski definition) is 0. The van der Waals surface area contributed by atoms with Crippen molar-refractivity contribution < 1.29 is 18.0 Å². The van der Waals surface area contributed by atoms with E-state index >= 15 is 0 Å². The molecular formula is C32H34BF3OS. The fourth-order valence-electron chi connectivity index (χ4n) is 5.30. The van der Waals surface area contributed by atoms with Crippen molar-refractivity contribution in [2.75, 3.05) is 18.3 Å². The fraction of sp³-hybridized carbons (Fsp3) is 0.219. The van der Waals surface area contributed by atoms with Crippen LogP contribution in [0.3, 0.4) is 0 Å². The molecule has 198 valence electrons. The van der Waals surface area contributed by atoms with Crippen molar-refractivity contribution in [1.29, 1.82) is 0 Å². The topological polar surface area (TPSA) is 17.1 Å². The Morgan fingerprint density at radius 3 is 1.26 bits per heavy atom. The maximum Gasteiger partial charge on any atom is 0.211 e. The molecule has 0 saturated carbocycles. The lowest BCUT2D eigenvalue weighted by molar-refractivity contribution is 0.102. The molecule has 0 amide bonds. The number of carbonyl (C=O) groups excluding carboxylic acids is 1. The Bertz CT molecular complexity index is 1200. The lowest BCUT2D eigenvalue weighted by Crippen LogP contribution is -2.72. The first-order valence-electron chi connectivity index (χ1n) is 12.5. The van der Waals surface area contributed by atoms with Crippen LogP contribution in [-0.2, 0) is 10.9 Å². The monoisotopic (exact) mass is 534 g/mol. The first kappa shape index (κ1) is 29.3. The van der Waals surface area contributed by atoms with E-state index < -0.39 is 6.15 Å². The Labute approximate surface area is 227 Å². The summed E-state index contributed by atoms with van der Waals surface area (Å²) < 4.78 is 40.8. The van der Waals surface area contributed by atoms with Gasteiger partial charge in [0, 0.05) is 5.56 Å². The summed E-state index contributed by atoms with van der Waals surface area (Å²) in [5, 5.41) is -0.298. The van der Waals surface area contributed by atoms with Crippen LogP contribution >= 0.6 is 0 Å². The number of carbonyl (C=O) groups is 1. The minimum atomic E-state index is -1.60. The quantitative estimate of drug-likeness (QED) is 0.166. The predicted molar refractivity (Wildman–Crippen MR) is 158 cm³/mol. The van der Waals surface area contributed by atoms with Gasteiger partial charge in [0.05, 0.1) is 18.7 Å². The molecule has 0 radical (unpaired) electrons. The smallest absolute Gasteiger partial charge is 0.211 e. The van der Waals surface area contributed by atoms with Crippen LogP contribution in [0.5, 0.6) is 0 Å². The highest BCUT2D eigenvalue weighted by Crippen LogP contribution is 2.35. The van der Waals surface area contributed by atoms with E-state index in [0.717, 1.165) is 22.0 Å². The minimum Gasteiger partial charge on any atom is -0.289 e. The predicted octanol–water partition coefficient (Wildman–Crippen LogP) is 6.12. The molecule has 38 heavy (non-hydrogen) atoms. The molecule has 1 nitrogen and oxygen atoms in total. The second kappa shape index (κ2) is 12.5. The lowest BCUT2D eigenvalue weighted by atomic mass is 9.07. The first-order valence-corrected chi connectivity index (χ1v) is 14.7. The van der Waals surface area contributed by atoms with Crippen LogP contribution < -0.4 is 16.4 Å². The van der Waals surface area contributed by atoms with Crippen LogP contribution in [0.2, 0.25) is 5.31 Å². The molecule has 0 heterocycles. The third-order valence-corrected chi connectivity index (χ3v) is 7.76. The van der Waals surface area contributed by atoms with Gasteiger partial charge in [-0.1, -0.05) is 87.5 Å². The zero-order valence-corrected chi connectivity index (χ0v) is 23.4. The molecule has 4 aromatic rings. The minimum absolute atomic E-state index is 0.204. The van der Waals surface area contributed by atoms with Crippen molar-refractivity contribution in [1.82, 2.24) is 0 Å². The largest absolute Gasteiger partial charge is 0.289 e. The van der Waals surface area contributed by atoms with Crippen molar-refractivity contribution in [3.05, 3.63) is 126 Å². The standard InChI is InChI=1S/C22H21BF3.C10H13OS/c1-22(2,3)23(16-4-10-19(24)11-5-16,17-6-12-20(25)13-7-17)18-8-14-21(26)15-9-18;1-12(2)8-10(11)9-6-4-3-5-7-9/h4-15H,1-3H3;3-7H,8H2,1-2H3/q-1;+1. The number of Topliss-reactive ketones (excluding diaryl/α,β-unsaturated/α-hetero) is 1. The molecule has 0 unspecified atom stereocenters. The van der Waals surface area contributed by atoms with Gasteiger partial charge in [-0.25, -0.2) is 13.2 Å². The van der Waals surface area contributed by atoms with Gasteiger partial charge in [0.1, 0.15) is 17.5 Å². The Balaban J connectivity index is 0.000000279. The zero-order chi connectivity index (χ0) is 27.9. The summed E-state index contributed by atoms with van der Waals surface area (Å²) in [5.74, 6) is -0.0186. The average Bonchev–Trinajstić information content (AvgIpc) is 2.87. The molecule has 0 bridgehead atoms. The van der Waals surface area contributed by atoms with Crippen molar-refractivity contribution in [3.8, 4) is 0 Å². The van der Waals surface area contributed by atoms with E-state index in [1.54, 1.807) is 36.4 Å². The van der Waals surface area contributed by atoms with E-state index in [-0.39, 0.29) is 39.4 Å². The van der Waals surface area contributed by atoms with Crippen LogP contribution in [0.15, 0.2) is 103 Å². The summed E-state index contributed by atoms with van der Waals surface area (Å²) in [4.78, 5) is 11.5. The van der Waals surface area contributed by atoms with Crippen molar-refractivity contribution >= 4 is 39.2 Å². The molecule has 0 aliphatic carbocycles.